The third-order valence-corrected chi connectivity index (χ3v) is 7.82. The third-order valence-electron chi connectivity index (χ3n) is 4.82. The van der Waals surface area contributed by atoms with Gasteiger partial charge in [0.15, 0.2) is 0 Å². The van der Waals surface area contributed by atoms with Gasteiger partial charge in [-0.05, 0) is 67.9 Å². The number of benzene rings is 3. The Morgan fingerprint density at radius 3 is 2.03 bits per heavy atom. The van der Waals surface area contributed by atoms with Gasteiger partial charge in [-0.15, -0.1) is 0 Å². The maximum Gasteiger partial charge on any atom is 0.261 e. The van der Waals surface area contributed by atoms with Crippen LogP contribution in [0.1, 0.15) is 30.6 Å². The molecule has 0 aromatic heterocycles. The first kappa shape index (κ1) is 24.4. The van der Waals surface area contributed by atoms with Crippen molar-refractivity contribution in [2.75, 3.05) is 10.0 Å². The van der Waals surface area contributed by atoms with Crippen LogP contribution < -0.4 is 14.8 Å². The Morgan fingerprint density at radius 2 is 1.39 bits per heavy atom. The second kappa shape index (κ2) is 10.2. The van der Waals surface area contributed by atoms with Gasteiger partial charge < -0.3 is 5.32 Å². The van der Waals surface area contributed by atoms with Gasteiger partial charge in [-0.2, -0.15) is 0 Å². The molecule has 0 spiro atoms. The summed E-state index contributed by atoms with van der Waals surface area (Å²) in [5.41, 5.74) is 0.922. The summed E-state index contributed by atoms with van der Waals surface area (Å²) in [5, 5.41) is 2.68. The summed E-state index contributed by atoms with van der Waals surface area (Å²) in [6.45, 7) is 3.65. The lowest BCUT2D eigenvalue weighted by Crippen LogP contribution is -2.32. The molecule has 0 aliphatic rings. The summed E-state index contributed by atoms with van der Waals surface area (Å²) in [7, 11) is -7.43. The molecule has 0 heterocycles. The Hall–Kier alpha value is -3.21. The van der Waals surface area contributed by atoms with Crippen LogP contribution in [0.4, 0.5) is 11.4 Å². The maximum atomic E-state index is 12.6. The number of amides is 1. The lowest BCUT2D eigenvalue weighted by Gasteiger charge is -2.13. The van der Waals surface area contributed by atoms with E-state index in [1.807, 2.05) is 6.92 Å². The van der Waals surface area contributed by atoms with Crippen molar-refractivity contribution in [1.82, 2.24) is 4.72 Å². The number of sulfonamides is 2. The molecule has 0 bridgehead atoms. The van der Waals surface area contributed by atoms with E-state index in [4.69, 9.17) is 0 Å². The van der Waals surface area contributed by atoms with Crippen LogP contribution in [0.2, 0.25) is 0 Å². The first-order chi connectivity index (χ1) is 15.6. The van der Waals surface area contributed by atoms with Crippen molar-refractivity contribution in [1.29, 1.82) is 0 Å². The van der Waals surface area contributed by atoms with Gasteiger partial charge in [0.2, 0.25) is 10.0 Å². The highest BCUT2D eigenvalue weighted by Crippen LogP contribution is 2.20. The summed E-state index contributed by atoms with van der Waals surface area (Å²) in [6.07, 6.45) is 0.653. The van der Waals surface area contributed by atoms with E-state index in [9.17, 15) is 21.6 Å². The molecule has 0 saturated heterocycles. The van der Waals surface area contributed by atoms with Crippen molar-refractivity contribution in [2.45, 2.75) is 36.1 Å². The van der Waals surface area contributed by atoms with Gasteiger partial charge in [-0.1, -0.05) is 31.2 Å². The lowest BCUT2D eigenvalue weighted by molar-refractivity contribution is 0.102. The Kier molecular flexibility index (Phi) is 7.52. The molecule has 0 aliphatic heterocycles. The van der Waals surface area contributed by atoms with Gasteiger partial charge in [0.1, 0.15) is 0 Å². The average molecular weight is 488 g/mol. The summed E-state index contributed by atoms with van der Waals surface area (Å²) in [5.74, 6) is -0.461. The fourth-order valence-corrected chi connectivity index (χ4v) is 5.28. The molecule has 0 radical (unpaired) electrons. The van der Waals surface area contributed by atoms with Crippen LogP contribution in [-0.2, 0) is 20.0 Å². The van der Waals surface area contributed by atoms with E-state index in [0.29, 0.717) is 12.1 Å². The second-order valence-corrected chi connectivity index (χ2v) is 10.8. The highest BCUT2D eigenvalue weighted by atomic mass is 32.2. The molecular formula is C23H25N3O5S2. The number of anilines is 2. The van der Waals surface area contributed by atoms with Crippen LogP contribution >= 0.6 is 0 Å². The van der Waals surface area contributed by atoms with Gasteiger partial charge in [0.05, 0.1) is 15.5 Å². The number of rotatable bonds is 9. The van der Waals surface area contributed by atoms with E-state index < -0.39 is 26.0 Å². The van der Waals surface area contributed by atoms with Crippen molar-refractivity contribution in [2.24, 2.45) is 0 Å². The number of hydrogen-bond donors (Lipinski definition) is 3. The summed E-state index contributed by atoms with van der Waals surface area (Å²) >= 11 is 0. The predicted octanol–water partition coefficient (Wildman–Crippen LogP) is 3.82. The molecule has 33 heavy (non-hydrogen) atoms. The van der Waals surface area contributed by atoms with Gasteiger partial charge in [0.25, 0.3) is 15.9 Å². The maximum absolute atomic E-state index is 12.6. The Bertz CT molecular complexity index is 1320. The zero-order valence-corrected chi connectivity index (χ0v) is 19.8. The molecule has 8 nitrogen and oxygen atoms in total. The van der Waals surface area contributed by atoms with Gasteiger partial charge >= 0.3 is 0 Å². The molecule has 3 aromatic rings. The van der Waals surface area contributed by atoms with E-state index in [2.05, 4.69) is 14.8 Å². The van der Waals surface area contributed by atoms with Crippen LogP contribution in [0.3, 0.4) is 0 Å². The van der Waals surface area contributed by atoms with Crippen molar-refractivity contribution >= 4 is 37.3 Å². The fourth-order valence-electron chi connectivity index (χ4n) is 2.88. The largest absolute Gasteiger partial charge is 0.322 e. The second-order valence-electron chi connectivity index (χ2n) is 7.41. The van der Waals surface area contributed by atoms with Crippen LogP contribution in [0.5, 0.6) is 0 Å². The Balaban J connectivity index is 1.71. The van der Waals surface area contributed by atoms with E-state index in [-0.39, 0.29) is 27.1 Å². The summed E-state index contributed by atoms with van der Waals surface area (Å²) in [6, 6.07) is 19.6. The predicted molar refractivity (Wildman–Crippen MR) is 128 cm³/mol. The molecule has 0 saturated carbocycles. The molecule has 10 heteroatoms. The monoisotopic (exact) mass is 487 g/mol. The van der Waals surface area contributed by atoms with Gasteiger partial charge in [0, 0.05) is 17.3 Å². The van der Waals surface area contributed by atoms with E-state index in [0.717, 1.165) is 0 Å². The molecule has 0 aliphatic carbocycles. The summed E-state index contributed by atoms with van der Waals surface area (Å²) in [4.78, 5) is 12.8. The Labute approximate surface area is 194 Å². The summed E-state index contributed by atoms with van der Waals surface area (Å²) < 4.78 is 54.8. The van der Waals surface area contributed by atoms with Gasteiger partial charge in [-0.3, -0.25) is 9.52 Å². The smallest absolute Gasteiger partial charge is 0.261 e. The van der Waals surface area contributed by atoms with Gasteiger partial charge in [-0.25, -0.2) is 21.6 Å². The highest BCUT2D eigenvalue weighted by molar-refractivity contribution is 7.92. The molecular weight excluding hydrogens is 462 g/mol. The molecule has 0 fully saturated rings. The van der Waals surface area contributed by atoms with Crippen LogP contribution in [0, 0.1) is 0 Å². The zero-order valence-electron chi connectivity index (χ0n) is 18.1. The zero-order chi connectivity index (χ0) is 24.1. The van der Waals surface area contributed by atoms with Crippen LogP contribution in [0.15, 0.2) is 88.7 Å². The molecule has 1 atom stereocenters. The van der Waals surface area contributed by atoms with Crippen molar-refractivity contribution in [3.63, 3.8) is 0 Å². The standard InChI is InChI=1S/C23H25N3O5S2/c1-3-17(2)25-32(28,29)22-14-12-18(13-15-22)23(27)24-19-8-7-9-20(16-19)26-33(30,31)21-10-5-4-6-11-21/h4-17,25-26H,3H2,1-2H3,(H,24,27). The average Bonchev–Trinajstić information content (AvgIpc) is 2.79. The van der Waals surface area contributed by atoms with Crippen LogP contribution in [-0.4, -0.2) is 28.8 Å². The molecule has 1 amide bonds. The number of carbonyl (C=O) groups is 1. The molecule has 3 N–H and O–H groups in total. The number of carbonyl (C=O) groups excluding carboxylic acids is 1. The molecule has 3 aromatic carbocycles. The quantitative estimate of drug-likeness (QED) is 0.424. The van der Waals surface area contributed by atoms with Crippen molar-refractivity contribution < 1.29 is 21.6 Å². The minimum Gasteiger partial charge on any atom is -0.322 e. The van der Waals surface area contributed by atoms with Crippen LogP contribution in [0.25, 0.3) is 0 Å². The van der Waals surface area contributed by atoms with E-state index in [1.165, 1.54) is 42.5 Å². The first-order valence-electron chi connectivity index (χ1n) is 10.2. The molecule has 3 rings (SSSR count). The van der Waals surface area contributed by atoms with E-state index >= 15 is 0 Å². The third kappa shape index (κ3) is 6.41. The minimum absolute atomic E-state index is 0.0664. The topological polar surface area (TPSA) is 121 Å². The van der Waals surface area contributed by atoms with Crippen molar-refractivity contribution in [3.8, 4) is 0 Å². The Morgan fingerprint density at radius 1 is 0.788 bits per heavy atom. The number of hydrogen-bond acceptors (Lipinski definition) is 5. The SMILES string of the molecule is CCC(C)NS(=O)(=O)c1ccc(C(=O)Nc2cccc(NS(=O)(=O)c3ccccc3)c2)cc1. The lowest BCUT2D eigenvalue weighted by atomic mass is 10.2. The molecule has 1 unspecified atom stereocenters. The first-order valence-corrected chi connectivity index (χ1v) is 13.2. The highest BCUT2D eigenvalue weighted by Gasteiger charge is 2.18. The van der Waals surface area contributed by atoms with Crippen molar-refractivity contribution in [3.05, 3.63) is 84.4 Å². The van der Waals surface area contributed by atoms with E-state index in [1.54, 1.807) is 43.3 Å². The fraction of sp³-hybridized carbons (Fsp3) is 0.174. The normalized spacial score (nSPS) is 12.7. The number of nitrogens with one attached hydrogen (secondary N) is 3. The molecule has 174 valence electrons. The minimum atomic E-state index is -3.77.